The first-order valence-electron chi connectivity index (χ1n) is 8.30. The molecule has 0 radical (unpaired) electrons. The minimum atomic E-state index is -1.92. The summed E-state index contributed by atoms with van der Waals surface area (Å²) in [4.78, 5) is 0. The van der Waals surface area contributed by atoms with Gasteiger partial charge in [-0.3, -0.25) is 0 Å². The summed E-state index contributed by atoms with van der Waals surface area (Å²) in [6.07, 6.45) is 0.720. The van der Waals surface area contributed by atoms with Gasteiger partial charge in [-0.05, 0) is 50.2 Å². The summed E-state index contributed by atoms with van der Waals surface area (Å²) in [6.45, 7) is 3.83. The second kappa shape index (κ2) is 6.89. The van der Waals surface area contributed by atoms with E-state index in [0.717, 1.165) is 6.16 Å². The first-order chi connectivity index (χ1) is 11.5. The van der Waals surface area contributed by atoms with Gasteiger partial charge in [-0.15, -0.1) is 0 Å². The molecule has 0 aliphatic carbocycles. The minimum Gasteiger partial charge on any atom is -0.387 e. The number of hydrogen-bond donors (Lipinski definition) is 1. The normalized spacial score (nSPS) is 12.1. The van der Waals surface area contributed by atoms with Crippen LogP contribution in [0.2, 0.25) is 0 Å². The van der Waals surface area contributed by atoms with Gasteiger partial charge in [0, 0.05) is 0 Å². The lowest BCUT2D eigenvalue weighted by Gasteiger charge is -2.32. The van der Waals surface area contributed by atoms with Gasteiger partial charge in [0.1, 0.15) is 29.3 Å². The van der Waals surface area contributed by atoms with Crippen molar-refractivity contribution in [2.45, 2.75) is 19.4 Å². The van der Waals surface area contributed by atoms with E-state index in [1.54, 1.807) is 0 Å². The number of benzene rings is 3. The third-order valence-corrected chi connectivity index (χ3v) is 9.00. The fraction of sp³-hybridized carbons (Fsp3) is 0.182. The first kappa shape index (κ1) is 16.9. The van der Waals surface area contributed by atoms with Crippen LogP contribution in [0.5, 0.6) is 0 Å². The Morgan fingerprint density at radius 3 is 1.17 bits per heavy atom. The van der Waals surface area contributed by atoms with Gasteiger partial charge in [-0.2, -0.15) is 0 Å². The standard InChI is InChI=1S/C22H24OP/c1-22(2,23)18-24(19-12-6-3-7-13-19,20-14-8-4-9-15-20)21-16-10-5-11-17-21/h3-17,23H,18H2,1-2H3/q+1. The quantitative estimate of drug-likeness (QED) is 0.704. The number of hydrogen-bond acceptors (Lipinski definition) is 1. The Morgan fingerprint density at radius 1 is 0.625 bits per heavy atom. The van der Waals surface area contributed by atoms with Crippen molar-refractivity contribution in [2.24, 2.45) is 0 Å². The van der Waals surface area contributed by atoms with Crippen LogP contribution in [0, 0.1) is 0 Å². The first-order valence-corrected chi connectivity index (χ1v) is 10.3. The Balaban J connectivity index is 2.33. The van der Waals surface area contributed by atoms with Crippen molar-refractivity contribution in [3.05, 3.63) is 91.0 Å². The Kier molecular flexibility index (Phi) is 4.85. The molecule has 122 valence electrons. The van der Waals surface area contributed by atoms with Gasteiger partial charge < -0.3 is 5.11 Å². The molecule has 0 amide bonds. The fourth-order valence-corrected chi connectivity index (χ4v) is 8.00. The lowest BCUT2D eigenvalue weighted by molar-refractivity contribution is 0.106. The molecule has 0 aromatic heterocycles. The Bertz CT molecular complexity index is 665. The summed E-state index contributed by atoms with van der Waals surface area (Å²) >= 11 is 0. The third kappa shape index (κ3) is 3.43. The van der Waals surface area contributed by atoms with Crippen LogP contribution in [0.3, 0.4) is 0 Å². The van der Waals surface area contributed by atoms with Gasteiger partial charge >= 0.3 is 0 Å². The summed E-state index contributed by atoms with van der Waals surface area (Å²) in [5.74, 6) is 0. The maximum absolute atomic E-state index is 10.8. The van der Waals surface area contributed by atoms with E-state index in [9.17, 15) is 5.11 Å². The number of aliphatic hydroxyl groups is 1. The van der Waals surface area contributed by atoms with E-state index >= 15 is 0 Å². The lowest BCUT2D eigenvalue weighted by atomic mass is 10.2. The van der Waals surface area contributed by atoms with Crippen molar-refractivity contribution in [3.8, 4) is 0 Å². The Hall–Kier alpha value is -1.95. The molecular weight excluding hydrogens is 311 g/mol. The van der Waals surface area contributed by atoms with Gasteiger partial charge in [-0.1, -0.05) is 54.6 Å². The molecule has 0 unspecified atom stereocenters. The van der Waals surface area contributed by atoms with Gasteiger partial charge in [0.15, 0.2) is 0 Å². The molecule has 1 N–H and O–H groups in total. The predicted octanol–water partition coefficient (Wildman–Crippen LogP) is 3.75. The molecule has 0 saturated carbocycles. The average molecular weight is 335 g/mol. The topological polar surface area (TPSA) is 20.2 Å². The van der Waals surface area contributed by atoms with Crippen LogP contribution in [0.1, 0.15) is 13.8 Å². The fourth-order valence-electron chi connectivity index (χ4n) is 3.35. The van der Waals surface area contributed by atoms with Crippen molar-refractivity contribution < 1.29 is 5.11 Å². The minimum absolute atomic E-state index is 0.720. The van der Waals surface area contributed by atoms with Crippen LogP contribution < -0.4 is 15.9 Å². The second-order valence-electron chi connectivity index (χ2n) is 6.79. The number of rotatable bonds is 5. The summed E-state index contributed by atoms with van der Waals surface area (Å²) < 4.78 is 0. The smallest absolute Gasteiger partial charge is 0.114 e. The summed E-state index contributed by atoms with van der Waals surface area (Å²) in [6, 6.07) is 32.0. The van der Waals surface area contributed by atoms with Crippen molar-refractivity contribution in [3.63, 3.8) is 0 Å². The van der Waals surface area contributed by atoms with Crippen molar-refractivity contribution >= 4 is 23.2 Å². The van der Waals surface area contributed by atoms with E-state index in [2.05, 4.69) is 91.0 Å². The third-order valence-electron chi connectivity index (χ3n) is 4.22. The molecule has 1 nitrogen and oxygen atoms in total. The molecule has 0 fully saturated rings. The van der Waals surface area contributed by atoms with Gasteiger partial charge in [0.2, 0.25) is 0 Å². The molecule has 0 atom stereocenters. The summed E-state index contributed by atoms with van der Waals surface area (Å²) in [7, 11) is -1.92. The monoisotopic (exact) mass is 335 g/mol. The van der Waals surface area contributed by atoms with E-state index in [-0.39, 0.29) is 0 Å². The summed E-state index contributed by atoms with van der Waals surface area (Å²) in [5.41, 5.74) is -0.755. The highest BCUT2D eigenvalue weighted by Gasteiger charge is 2.48. The van der Waals surface area contributed by atoms with Crippen LogP contribution in [-0.2, 0) is 0 Å². The molecule has 24 heavy (non-hydrogen) atoms. The van der Waals surface area contributed by atoms with Crippen molar-refractivity contribution in [2.75, 3.05) is 6.16 Å². The van der Waals surface area contributed by atoms with Crippen LogP contribution in [0.4, 0.5) is 0 Å². The van der Waals surface area contributed by atoms with Crippen molar-refractivity contribution in [1.82, 2.24) is 0 Å². The van der Waals surface area contributed by atoms with Crippen LogP contribution in [-0.4, -0.2) is 16.9 Å². The molecule has 0 saturated heterocycles. The Morgan fingerprint density at radius 2 is 0.917 bits per heavy atom. The van der Waals surface area contributed by atoms with Gasteiger partial charge in [-0.25, -0.2) is 0 Å². The highest BCUT2D eigenvalue weighted by Crippen LogP contribution is 2.57. The lowest BCUT2D eigenvalue weighted by Crippen LogP contribution is -2.40. The molecule has 2 heteroatoms. The average Bonchev–Trinajstić information content (AvgIpc) is 2.61. The zero-order valence-corrected chi connectivity index (χ0v) is 15.2. The van der Waals surface area contributed by atoms with E-state index < -0.39 is 12.9 Å². The molecule has 3 aromatic rings. The molecule has 3 aromatic carbocycles. The molecular formula is C22H24OP+. The Labute approximate surface area is 145 Å². The molecule has 0 spiro atoms. The van der Waals surface area contributed by atoms with Crippen LogP contribution in [0.15, 0.2) is 91.0 Å². The van der Waals surface area contributed by atoms with E-state index in [0.29, 0.717) is 0 Å². The van der Waals surface area contributed by atoms with E-state index in [1.165, 1.54) is 15.9 Å². The van der Waals surface area contributed by atoms with Gasteiger partial charge in [0.25, 0.3) is 0 Å². The van der Waals surface area contributed by atoms with Crippen LogP contribution in [0.25, 0.3) is 0 Å². The predicted molar refractivity (Wildman–Crippen MR) is 106 cm³/mol. The molecule has 0 aliphatic heterocycles. The SMILES string of the molecule is CC(C)(O)C[P+](c1ccccc1)(c1ccccc1)c1ccccc1. The molecule has 0 heterocycles. The molecule has 0 bridgehead atoms. The maximum atomic E-state index is 10.8. The largest absolute Gasteiger partial charge is 0.387 e. The summed E-state index contributed by atoms with van der Waals surface area (Å²) in [5, 5.41) is 14.7. The maximum Gasteiger partial charge on any atom is 0.114 e. The van der Waals surface area contributed by atoms with E-state index in [1.807, 2.05) is 13.8 Å². The van der Waals surface area contributed by atoms with Gasteiger partial charge in [0.05, 0.1) is 5.60 Å². The van der Waals surface area contributed by atoms with Crippen molar-refractivity contribution in [1.29, 1.82) is 0 Å². The van der Waals surface area contributed by atoms with E-state index in [4.69, 9.17) is 0 Å². The molecule has 3 rings (SSSR count). The highest BCUT2D eigenvalue weighted by atomic mass is 31.2. The second-order valence-corrected chi connectivity index (χ2v) is 10.3. The zero-order chi connectivity index (χ0) is 17.0. The van der Waals surface area contributed by atoms with Crippen LogP contribution >= 0.6 is 7.26 Å². The highest BCUT2D eigenvalue weighted by molar-refractivity contribution is 7.95. The molecule has 0 aliphatic rings. The zero-order valence-electron chi connectivity index (χ0n) is 14.3.